The van der Waals surface area contributed by atoms with E-state index in [0.29, 0.717) is 11.7 Å². The molecule has 1 aromatic rings. The molecule has 0 amide bonds. The van der Waals surface area contributed by atoms with Gasteiger partial charge in [-0.05, 0) is 37.0 Å². The van der Waals surface area contributed by atoms with Gasteiger partial charge in [0.25, 0.3) is 0 Å². The van der Waals surface area contributed by atoms with E-state index in [1.165, 1.54) is 25.7 Å². The molecule has 2 bridgehead atoms. The molecule has 3 unspecified atom stereocenters. The molecular formula is C11H15ClN2O. The van der Waals surface area contributed by atoms with E-state index in [9.17, 15) is 0 Å². The fourth-order valence-corrected chi connectivity index (χ4v) is 3.39. The summed E-state index contributed by atoms with van der Waals surface area (Å²) < 4.78 is 5.18. The van der Waals surface area contributed by atoms with E-state index < -0.39 is 0 Å². The first kappa shape index (κ1) is 9.64. The maximum atomic E-state index is 5.63. The Morgan fingerprint density at radius 3 is 2.87 bits per heavy atom. The highest BCUT2D eigenvalue weighted by Gasteiger charge is 2.39. The van der Waals surface area contributed by atoms with E-state index in [0.717, 1.165) is 30.1 Å². The highest BCUT2D eigenvalue weighted by atomic mass is 35.5. The van der Waals surface area contributed by atoms with Gasteiger partial charge < -0.3 is 4.52 Å². The topological polar surface area (TPSA) is 38.9 Å². The van der Waals surface area contributed by atoms with Crippen molar-refractivity contribution in [3.05, 3.63) is 11.7 Å². The first-order chi connectivity index (χ1) is 7.35. The minimum atomic E-state index is 0.347. The summed E-state index contributed by atoms with van der Waals surface area (Å²) in [6.07, 6.45) is 6.61. The van der Waals surface area contributed by atoms with Crippen LogP contribution in [0.5, 0.6) is 0 Å². The van der Waals surface area contributed by atoms with E-state index in [1.54, 1.807) is 0 Å². The molecule has 0 aromatic carbocycles. The number of fused-ring (bicyclic) bond motifs is 2. The molecule has 1 heterocycles. The van der Waals surface area contributed by atoms with Gasteiger partial charge in [0.15, 0.2) is 5.82 Å². The molecule has 4 heteroatoms. The summed E-state index contributed by atoms with van der Waals surface area (Å²) in [4.78, 5) is 4.27. The van der Waals surface area contributed by atoms with E-state index in [4.69, 9.17) is 16.1 Å². The van der Waals surface area contributed by atoms with Crippen molar-refractivity contribution in [1.29, 1.82) is 0 Å². The summed E-state index contributed by atoms with van der Waals surface area (Å²) in [5, 5.41) is 3.82. The number of aromatic nitrogens is 2. The summed E-state index contributed by atoms with van der Waals surface area (Å²) >= 11 is 5.63. The van der Waals surface area contributed by atoms with Crippen LogP contribution in [-0.2, 0) is 12.3 Å². The maximum absolute atomic E-state index is 5.63. The molecule has 2 saturated carbocycles. The summed E-state index contributed by atoms with van der Waals surface area (Å²) in [6.45, 7) is 0. The first-order valence-electron chi connectivity index (χ1n) is 5.72. The summed E-state index contributed by atoms with van der Waals surface area (Å²) in [5.74, 6) is 4.43. The quantitative estimate of drug-likeness (QED) is 0.744. The van der Waals surface area contributed by atoms with Crippen molar-refractivity contribution in [2.24, 2.45) is 17.8 Å². The molecule has 3 rings (SSSR count). The van der Waals surface area contributed by atoms with Gasteiger partial charge >= 0.3 is 0 Å². The third kappa shape index (κ3) is 1.78. The third-order valence-corrected chi connectivity index (χ3v) is 4.19. The van der Waals surface area contributed by atoms with Gasteiger partial charge in [0, 0.05) is 6.42 Å². The molecule has 0 radical (unpaired) electrons. The second-order valence-electron chi connectivity index (χ2n) is 4.88. The van der Waals surface area contributed by atoms with Gasteiger partial charge in [-0.1, -0.05) is 11.6 Å². The molecule has 2 aliphatic carbocycles. The van der Waals surface area contributed by atoms with Crippen molar-refractivity contribution in [3.63, 3.8) is 0 Å². The van der Waals surface area contributed by atoms with Gasteiger partial charge in [0.05, 0.1) is 5.88 Å². The fourth-order valence-electron chi connectivity index (χ4n) is 3.28. The van der Waals surface area contributed by atoms with E-state index in [2.05, 4.69) is 10.1 Å². The molecule has 2 fully saturated rings. The molecule has 15 heavy (non-hydrogen) atoms. The van der Waals surface area contributed by atoms with Crippen molar-refractivity contribution in [3.8, 4) is 0 Å². The molecule has 1 aromatic heterocycles. The minimum absolute atomic E-state index is 0.347. The second kappa shape index (κ2) is 3.78. The van der Waals surface area contributed by atoms with Crippen LogP contribution in [0.3, 0.4) is 0 Å². The van der Waals surface area contributed by atoms with Crippen LogP contribution in [0.4, 0.5) is 0 Å². The zero-order valence-electron chi connectivity index (χ0n) is 8.66. The summed E-state index contributed by atoms with van der Waals surface area (Å²) in [6, 6.07) is 0. The highest BCUT2D eigenvalue weighted by molar-refractivity contribution is 6.16. The molecule has 3 atom stereocenters. The molecule has 82 valence electrons. The van der Waals surface area contributed by atoms with Crippen LogP contribution in [0.25, 0.3) is 0 Å². The van der Waals surface area contributed by atoms with Crippen LogP contribution in [0.1, 0.15) is 37.4 Å². The number of hydrogen-bond acceptors (Lipinski definition) is 3. The first-order valence-corrected chi connectivity index (χ1v) is 6.26. The van der Waals surface area contributed by atoms with Crippen molar-refractivity contribution in [1.82, 2.24) is 10.1 Å². The Morgan fingerprint density at radius 2 is 2.27 bits per heavy atom. The van der Waals surface area contributed by atoms with E-state index in [-0.39, 0.29) is 0 Å². The van der Waals surface area contributed by atoms with E-state index >= 15 is 0 Å². The molecule has 2 aliphatic rings. The number of alkyl halides is 1. The van der Waals surface area contributed by atoms with Crippen LogP contribution in [-0.4, -0.2) is 10.1 Å². The second-order valence-corrected chi connectivity index (χ2v) is 5.14. The van der Waals surface area contributed by atoms with Gasteiger partial charge in [0.2, 0.25) is 5.89 Å². The lowest BCUT2D eigenvalue weighted by atomic mass is 9.86. The normalized spacial score (nSPS) is 33.8. The molecule has 3 nitrogen and oxygen atoms in total. The van der Waals surface area contributed by atoms with Gasteiger partial charge in [-0.2, -0.15) is 4.98 Å². The lowest BCUT2D eigenvalue weighted by Gasteiger charge is -2.19. The lowest BCUT2D eigenvalue weighted by molar-refractivity contribution is 0.288. The Hall–Kier alpha value is -0.570. The lowest BCUT2D eigenvalue weighted by Crippen LogP contribution is -2.13. The Labute approximate surface area is 94.2 Å². The average molecular weight is 227 g/mol. The largest absolute Gasteiger partial charge is 0.339 e. The Kier molecular flexibility index (Phi) is 2.43. The van der Waals surface area contributed by atoms with E-state index in [1.807, 2.05) is 0 Å². The minimum Gasteiger partial charge on any atom is -0.339 e. The van der Waals surface area contributed by atoms with Gasteiger partial charge in [-0.15, -0.1) is 11.6 Å². The van der Waals surface area contributed by atoms with Crippen molar-refractivity contribution < 1.29 is 4.52 Å². The molecule has 0 N–H and O–H groups in total. The third-order valence-electron chi connectivity index (χ3n) is 3.95. The Morgan fingerprint density at radius 1 is 1.33 bits per heavy atom. The molecular weight excluding hydrogens is 212 g/mol. The van der Waals surface area contributed by atoms with Crippen molar-refractivity contribution >= 4 is 11.6 Å². The average Bonchev–Trinajstić information content (AvgIpc) is 2.92. The zero-order valence-corrected chi connectivity index (χ0v) is 9.41. The van der Waals surface area contributed by atoms with Crippen LogP contribution >= 0.6 is 11.6 Å². The molecule has 0 saturated heterocycles. The monoisotopic (exact) mass is 226 g/mol. The Balaban J connectivity index is 1.65. The number of rotatable bonds is 3. The van der Waals surface area contributed by atoms with Gasteiger partial charge in [-0.25, -0.2) is 0 Å². The van der Waals surface area contributed by atoms with Crippen LogP contribution in [0.15, 0.2) is 4.52 Å². The van der Waals surface area contributed by atoms with Crippen molar-refractivity contribution in [2.45, 2.75) is 38.0 Å². The maximum Gasteiger partial charge on any atom is 0.226 e. The zero-order chi connectivity index (χ0) is 10.3. The predicted molar refractivity (Wildman–Crippen MR) is 56.5 cm³/mol. The SMILES string of the molecule is ClCc1noc(CC2CC3CCC2C3)n1. The highest BCUT2D eigenvalue weighted by Crippen LogP contribution is 2.49. The molecule has 0 spiro atoms. The van der Waals surface area contributed by atoms with Gasteiger partial charge in [-0.3, -0.25) is 0 Å². The standard InChI is InChI=1S/C11H15ClN2O/c12-6-10-13-11(15-14-10)5-9-4-7-1-2-8(9)3-7/h7-9H,1-6H2. The Bertz CT molecular complexity index is 352. The molecule has 0 aliphatic heterocycles. The van der Waals surface area contributed by atoms with Crippen LogP contribution in [0.2, 0.25) is 0 Å². The van der Waals surface area contributed by atoms with Crippen LogP contribution in [0, 0.1) is 17.8 Å². The number of nitrogens with zero attached hydrogens (tertiary/aromatic N) is 2. The number of hydrogen-bond donors (Lipinski definition) is 0. The van der Waals surface area contributed by atoms with Crippen molar-refractivity contribution in [2.75, 3.05) is 0 Å². The predicted octanol–water partition coefficient (Wildman–Crippen LogP) is 2.79. The summed E-state index contributed by atoms with van der Waals surface area (Å²) in [5.41, 5.74) is 0. The summed E-state index contributed by atoms with van der Waals surface area (Å²) in [7, 11) is 0. The fraction of sp³-hybridized carbons (Fsp3) is 0.818. The number of halogens is 1. The van der Waals surface area contributed by atoms with Crippen LogP contribution < -0.4 is 0 Å². The van der Waals surface area contributed by atoms with Gasteiger partial charge in [0.1, 0.15) is 0 Å². The smallest absolute Gasteiger partial charge is 0.226 e.